The molecule has 0 fully saturated rings. The number of nitro benzene ring substituents is 2. The minimum absolute atomic E-state index is 0.207. The van der Waals surface area contributed by atoms with Gasteiger partial charge in [-0.05, 0) is 23.6 Å². The Bertz CT molecular complexity index is 1160. The summed E-state index contributed by atoms with van der Waals surface area (Å²) in [5.41, 5.74) is 0.777. The smallest absolute Gasteiger partial charge is 0.280 e. The highest BCUT2D eigenvalue weighted by Crippen LogP contribution is 2.24. The van der Waals surface area contributed by atoms with Crippen molar-refractivity contribution in [3.63, 3.8) is 0 Å². The van der Waals surface area contributed by atoms with Gasteiger partial charge < -0.3 is 4.57 Å². The van der Waals surface area contributed by atoms with E-state index in [1.54, 1.807) is 11.6 Å². The molecular formula is C18H16N4O5S. The van der Waals surface area contributed by atoms with E-state index in [9.17, 15) is 25.0 Å². The summed E-state index contributed by atoms with van der Waals surface area (Å²) in [6.07, 6.45) is 0. The van der Waals surface area contributed by atoms with Gasteiger partial charge in [-0.2, -0.15) is 4.99 Å². The van der Waals surface area contributed by atoms with Gasteiger partial charge in [0, 0.05) is 19.2 Å². The molecule has 0 radical (unpaired) electrons. The molecule has 0 atom stereocenters. The number of aryl methyl sites for hydroxylation is 1. The van der Waals surface area contributed by atoms with E-state index in [0.717, 1.165) is 34.0 Å². The molecule has 0 aliphatic carbocycles. The van der Waals surface area contributed by atoms with E-state index in [2.05, 4.69) is 18.8 Å². The number of thiazole rings is 1. The van der Waals surface area contributed by atoms with Gasteiger partial charge in [-0.15, -0.1) is 0 Å². The molecule has 0 saturated heterocycles. The van der Waals surface area contributed by atoms with E-state index in [1.807, 2.05) is 18.2 Å². The molecule has 0 N–H and O–H groups in total. The van der Waals surface area contributed by atoms with Crippen molar-refractivity contribution in [1.82, 2.24) is 4.57 Å². The number of benzene rings is 2. The van der Waals surface area contributed by atoms with Crippen LogP contribution in [0.3, 0.4) is 0 Å². The van der Waals surface area contributed by atoms with Crippen molar-refractivity contribution in [2.75, 3.05) is 0 Å². The molecular weight excluding hydrogens is 384 g/mol. The molecule has 10 heteroatoms. The van der Waals surface area contributed by atoms with Crippen LogP contribution in [0, 0.1) is 20.2 Å². The summed E-state index contributed by atoms with van der Waals surface area (Å²) in [7, 11) is 1.76. The molecule has 0 saturated carbocycles. The van der Waals surface area contributed by atoms with Gasteiger partial charge in [0.15, 0.2) is 4.80 Å². The van der Waals surface area contributed by atoms with Crippen molar-refractivity contribution >= 4 is 38.8 Å². The SMILES string of the molecule is CC(C)c1ccc2c(c1)sc(=NC(=O)c1cc([N+](=O)[O-])cc([N+](=O)[O-])c1)n2C. The van der Waals surface area contributed by atoms with Crippen LogP contribution >= 0.6 is 11.3 Å². The normalized spacial score (nSPS) is 11.9. The summed E-state index contributed by atoms with van der Waals surface area (Å²) >= 11 is 1.31. The predicted octanol–water partition coefficient (Wildman–Crippen LogP) is 3.92. The van der Waals surface area contributed by atoms with Crippen LogP contribution in [0.15, 0.2) is 41.4 Å². The first kappa shape index (κ1) is 19.4. The number of fused-ring (bicyclic) bond motifs is 1. The van der Waals surface area contributed by atoms with Gasteiger partial charge in [-0.1, -0.05) is 31.3 Å². The fourth-order valence-electron chi connectivity index (χ4n) is 2.70. The number of amides is 1. The molecule has 0 aliphatic heterocycles. The van der Waals surface area contributed by atoms with Crippen LogP contribution in [0.25, 0.3) is 10.2 Å². The molecule has 1 aromatic heterocycles. The summed E-state index contributed by atoms with van der Waals surface area (Å²) in [5, 5.41) is 22.0. The highest BCUT2D eigenvalue weighted by atomic mass is 32.1. The molecule has 0 spiro atoms. The van der Waals surface area contributed by atoms with E-state index >= 15 is 0 Å². The van der Waals surface area contributed by atoms with Gasteiger partial charge in [0.05, 0.1) is 31.7 Å². The van der Waals surface area contributed by atoms with Crippen molar-refractivity contribution in [3.8, 4) is 0 Å². The van der Waals surface area contributed by atoms with E-state index in [-0.39, 0.29) is 5.56 Å². The van der Waals surface area contributed by atoms with E-state index in [4.69, 9.17) is 0 Å². The Balaban J connectivity index is 2.11. The zero-order chi connectivity index (χ0) is 20.6. The third-order valence-electron chi connectivity index (χ3n) is 4.27. The standard InChI is InChI=1S/C18H16N4O5S/c1-10(2)11-4-5-15-16(8-11)28-18(20(15)3)19-17(23)12-6-13(21(24)25)9-14(7-12)22(26)27/h4-10H,1-3H3. The van der Waals surface area contributed by atoms with Gasteiger partial charge in [-0.3, -0.25) is 25.0 Å². The number of hydrogen-bond acceptors (Lipinski definition) is 6. The molecule has 1 heterocycles. The van der Waals surface area contributed by atoms with E-state index in [0.29, 0.717) is 10.7 Å². The predicted molar refractivity (Wildman–Crippen MR) is 105 cm³/mol. The van der Waals surface area contributed by atoms with Crippen LogP contribution in [-0.4, -0.2) is 20.3 Å². The average molecular weight is 400 g/mol. The van der Waals surface area contributed by atoms with Crippen molar-refractivity contribution in [3.05, 3.63) is 72.6 Å². The van der Waals surface area contributed by atoms with Gasteiger partial charge >= 0.3 is 0 Å². The molecule has 144 valence electrons. The number of aromatic nitrogens is 1. The lowest BCUT2D eigenvalue weighted by Gasteiger charge is -2.04. The molecule has 1 amide bonds. The van der Waals surface area contributed by atoms with Gasteiger partial charge in [0.2, 0.25) is 0 Å². The number of carbonyl (C=O) groups is 1. The Morgan fingerprint density at radius 2 is 1.68 bits per heavy atom. The van der Waals surface area contributed by atoms with Gasteiger partial charge in [0.1, 0.15) is 0 Å². The highest BCUT2D eigenvalue weighted by molar-refractivity contribution is 7.16. The number of carbonyl (C=O) groups excluding carboxylic acids is 1. The second-order valence-corrected chi connectivity index (χ2v) is 7.50. The summed E-state index contributed by atoms with van der Waals surface area (Å²) in [6, 6.07) is 8.78. The second kappa shape index (κ2) is 7.31. The summed E-state index contributed by atoms with van der Waals surface area (Å²) in [6.45, 7) is 4.16. The second-order valence-electron chi connectivity index (χ2n) is 6.49. The first-order valence-corrected chi connectivity index (χ1v) is 9.11. The maximum absolute atomic E-state index is 12.5. The number of non-ortho nitro benzene ring substituents is 2. The highest BCUT2D eigenvalue weighted by Gasteiger charge is 2.20. The molecule has 0 bridgehead atoms. The van der Waals surface area contributed by atoms with Crippen LogP contribution < -0.4 is 4.80 Å². The van der Waals surface area contributed by atoms with Crippen molar-refractivity contribution in [1.29, 1.82) is 0 Å². The lowest BCUT2D eigenvalue weighted by atomic mass is 10.0. The third kappa shape index (κ3) is 3.67. The van der Waals surface area contributed by atoms with Crippen LogP contribution in [-0.2, 0) is 7.05 Å². The molecule has 28 heavy (non-hydrogen) atoms. The molecule has 0 aliphatic rings. The number of nitrogens with zero attached hydrogens (tertiary/aromatic N) is 4. The number of rotatable bonds is 4. The zero-order valence-electron chi connectivity index (χ0n) is 15.3. The average Bonchev–Trinajstić information content (AvgIpc) is 2.96. The Hall–Kier alpha value is -3.40. The monoisotopic (exact) mass is 400 g/mol. The Morgan fingerprint density at radius 1 is 1.07 bits per heavy atom. The lowest BCUT2D eigenvalue weighted by molar-refractivity contribution is -0.394. The van der Waals surface area contributed by atoms with Crippen LogP contribution in [0.2, 0.25) is 0 Å². The fourth-order valence-corrected chi connectivity index (χ4v) is 3.76. The largest absolute Gasteiger partial charge is 0.319 e. The Morgan fingerprint density at radius 3 is 2.21 bits per heavy atom. The quantitative estimate of drug-likeness (QED) is 0.485. The Kier molecular flexibility index (Phi) is 5.06. The third-order valence-corrected chi connectivity index (χ3v) is 5.36. The van der Waals surface area contributed by atoms with Crippen molar-refractivity contribution in [2.24, 2.45) is 12.0 Å². The molecule has 3 rings (SSSR count). The van der Waals surface area contributed by atoms with E-state index < -0.39 is 27.1 Å². The minimum atomic E-state index is -0.781. The molecule has 3 aromatic rings. The summed E-state index contributed by atoms with van der Waals surface area (Å²) in [5.74, 6) is -0.428. The lowest BCUT2D eigenvalue weighted by Crippen LogP contribution is -2.13. The zero-order valence-corrected chi connectivity index (χ0v) is 16.1. The maximum atomic E-state index is 12.5. The topological polar surface area (TPSA) is 121 Å². The molecule has 2 aromatic carbocycles. The fraction of sp³-hybridized carbons (Fsp3) is 0.222. The van der Waals surface area contributed by atoms with Crippen LogP contribution in [0.5, 0.6) is 0 Å². The number of nitro groups is 2. The first-order valence-electron chi connectivity index (χ1n) is 8.29. The van der Waals surface area contributed by atoms with E-state index in [1.165, 1.54) is 11.3 Å². The van der Waals surface area contributed by atoms with Crippen LogP contribution in [0.1, 0.15) is 35.7 Å². The summed E-state index contributed by atoms with van der Waals surface area (Å²) in [4.78, 5) is 37.4. The maximum Gasteiger partial charge on any atom is 0.280 e. The minimum Gasteiger partial charge on any atom is -0.319 e. The first-order chi connectivity index (χ1) is 13.2. The molecule has 0 unspecified atom stereocenters. The summed E-state index contributed by atoms with van der Waals surface area (Å²) < 4.78 is 2.69. The molecule has 9 nitrogen and oxygen atoms in total. The van der Waals surface area contributed by atoms with Crippen molar-refractivity contribution in [2.45, 2.75) is 19.8 Å². The van der Waals surface area contributed by atoms with Crippen molar-refractivity contribution < 1.29 is 14.6 Å². The number of hydrogen-bond donors (Lipinski definition) is 0. The Labute approximate surface area is 162 Å². The van der Waals surface area contributed by atoms with Gasteiger partial charge in [0.25, 0.3) is 17.3 Å². The van der Waals surface area contributed by atoms with Crippen LogP contribution in [0.4, 0.5) is 11.4 Å². The van der Waals surface area contributed by atoms with Gasteiger partial charge in [-0.25, -0.2) is 0 Å².